The van der Waals surface area contributed by atoms with E-state index in [0.29, 0.717) is 10.7 Å². The lowest BCUT2D eigenvalue weighted by molar-refractivity contribution is 0.249. The van der Waals surface area contributed by atoms with Crippen molar-refractivity contribution in [3.05, 3.63) is 64.9 Å². The molecule has 104 valence electrons. The van der Waals surface area contributed by atoms with Crippen LogP contribution in [0.4, 0.5) is 14.9 Å². The van der Waals surface area contributed by atoms with E-state index in [1.54, 1.807) is 36.4 Å². The lowest BCUT2D eigenvalue weighted by atomic mass is 10.1. The molecule has 0 radical (unpaired) electrons. The third-order valence-corrected chi connectivity index (χ3v) is 3.07. The summed E-state index contributed by atoms with van der Waals surface area (Å²) >= 11 is 5.77. The maximum atomic E-state index is 12.8. The summed E-state index contributed by atoms with van der Waals surface area (Å²) in [5.74, 6) is -0.299. The smallest absolute Gasteiger partial charge is 0.319 e. The summed E-state index contributed by atoms with van der Waals surface area (Å²) in [5.41, 5.74) is 1.48. The number of amides is 2. The molecule has 20 heavy (non-hydrogen) atoms. The zero-order chi connectivity index (χ0) is 14.5. The zero-order valence-corrected chi connectivity index (χ0v) is 11.6. The van der Waals surface area contributed by atoms with E-state index in [0.717, 1.165) is 5.56 Å². The monoisotopic (exact) mass is 292 g/mol. The van der Waals surface area contributed by atoms with Gasteiger partial charge in [-0.05, 0) is 48.9 Å². The number of hydrogen-bond acceptors (Lipinski definition) is 1. The van der Waals surface area contributed by atoms with Crippen molar-refractivity contribution in [2.75, 3.05) is 5.32 Å². The van der Waals surface area contributed by atoms with Crippen LogP contribution >= 0.6 is 11.6 Å². The molecule has 2 aromatic rings. The van der Waals surface area contributed by atoms with Crippen LogP contribution in [0.15, 0.2) is 48.5 Å². The van der Waals surface area contributed by atoms with E-state index in [4.69, 9.17) is 11.6 Å². The van der Waals surface area contributed by atoms with E-state index >= 15 is 0 Å². The summed E-state index contributed by atoms with van der Waals surface area (Å²) in [4.78, 5) is 11.8. The molecule has 0 fully saturated rings. The van der Waals surface area contributed by atoms with Gasteiger partial charge in [0.25, 0.3) is 0 Å². The fraction of sp³-hybridized carbons (Fsp3) is 0.133. The predicted octanol–water partition coefficient (Wildman–Crippen LogP) is 4.36. The number of carbonyl (C=O) groups excluding carboxylic acids is 1. The van der Waals surface area contributed by atoms with E-state index < -0.39 is 0 Å². The standard InChI is InChI=1S/C15H14ClFN2O/c1-10(11-2-6-13(17)7-3-11)18-15(20)19-14-8-4-12(16)5-9-14/h2-10H,1H3,(H2,18,19,20)/t10-/m1/s1. The molecule has 0 aliphatic rings. The van der Waals surface area contributed by atoms with Crippen LogP contribution in [0.25, 0.3) is 0 Å². The van der Waals surface area contributed by atoms with Crippen molar-refractivity contribution in [1.29, 1.82) is 0 Å². The van der Waals surface area contributed by atoms with Crippen molar-refractivity contribution < 1.29 is 9.18 Å². The first kappa shape index (κ1) is 14.3. The van der Waals surface area contributed by atoms with E-state index in [9.17, 15) is 9.18 Å². The highest BCUT2D eigenvalue weighted by Gasteiger charge is 2.09. The number of urea groups is 1. The summed E-state index contributed by atoms with van der Waals surface area (Å²) in [6, 6.07) is 12.3. The fourth-order valence-electron chi connectivity index (χ4n) is 1.73. The molecule has 0 heterocycles. The van der Waals surface area contributed by atoms with Gasteiger partial charge in [-0.1, -0.05) is 23.7 Å². The van der Waals surface area contributed by atoms with Gasteiger partial charge in [-0.15, -0.1) is 0 Å². The zero-order valence-electron chi connectivity index (χ0n) is 10.9. The number of nitrogens with one attached hydrogen (secondary N) is 2. The molecule has 0 aliphatic carbocycles. The second-order valence-corrected chi connectivity index (χ2v) is 4.82. The van der Waals surface area contributed by atoms with E-state index in [-0.39, 0.29) is 17.9 Å². The first-order chi connectivity index (χ1) is 9.54. The molecule has 2 amide bonds. The number of carbonyl (C=O) groups is 1. The highest BCUT2D eigenvalue weighted by molar-refractivity contribution is 6.30. The van der Waals surface area contributed by atoms with Crippen molar-refractivity contribution in [3.63, 3.8) is 0 Å². The van der Waals surface area contributed by atoms with Gasteiger partial charge < -0.3 is 10.6 Å². The third kappa shape index (κ3) is 3.96. The third-order valence-electron chi connectivity index (χ3n) is 2.82. The quantitative estimate of drug-likeness (QED) is 0.867. The highest BCUT2D eigenvalue weighted by atomic mass is 35.5. The van der Waals surface area contributed by atoms with Gasteiger partial charge >= 0.3 is 6.03 Å². The molecule has 1 atom stereocenters. The lowest BCUT2D eigenvalue weighted by Gasteiger charge is -2.15. The second kappa shape index (κ2) is 6.39. The molecule has 2 aromatic carbocycles. The molecule has 0 saturated carbocycles. The average molecular weight is 293 g/mol. The molecule has 0 spiro atoms. The molecule has 0 saturated heterocycles. The minimum atomic E-state index is -0.329. The summed E-state index contributed by atoms with van der Waals surface area (Å²) in [5, 5.41) is 6.08. The van der Waals surface area contributed by atoms with Crippen LogP contribution in [0, 0.1) is 5.82 Å². The Morgan fingerprint density at radius 3 is 2.30 bits per heavy atom. The first-order valence-corrected chi connectivity index (χ1v) is 6.51. The van der Waals surface area contributed by atoms with Crippen LogP contribution in [0.3, 0.4) is 0 Å². The summed E-state index contributed by atoms with van der Waals surface area (Å²) < 4.78 is 12.8. The van der Waals surface area contributed by atoms with Crippen LogP contribution in [0.1, 0.15) is 18.5 Å². The molecular weight excluding hydrogens is 279 g/mol. The second-order valence-electron chi connectivity index (χ2n) is 4.38. The van der Waals surface area contributed by atoms with Gasteiger partial charge in [-0.3, -0.25) is 0 Å². The number of benzene rings is 2. The van der Waals surface area contributed by atoms with Gasteiger partial charge in [0.05, 0.1) is 6.04 Å². The Morgan fingerprint density at radius 1 is 1.10 bits per heavy atom. The minimum Gasteiger partial charge on any atom is -0.331 e. The molecular formula is C15H14ClFN2O. The Morgan fingerprint density at radius 2 is 1.70 bits per heavy atom. The van der Waals surface area contributed by atoms with Gasteiger partial charge in [0, 0.05) is 10.7 Å². The topological polar surface area (TPSA) is 41.1 Å². The van der Waals surface area contributed by atoms with Crippen molar-refractivity contribution >= 4 is 23.3 Å². The van der Waals surface area contributed by atoms with Gasteiger partial charge in [0.15, 0.2) is 0 Å². The van der Waals surface area contributed by atoms with E-state index in [1.807, 2.05) is 6.92 Å². The SMILES string of the molecule is C[C@@H](NC(=O)Nc1ccc(Cl)cc1)c1ccc(F)cc1. The maximum Gasteiger partial charge on any atom is 0.319 e. The molecule has 0 bridgehead atoms. The Bertz CT molecular complexity index is 584. The van der Waals surface area contributed by atoms with E-state index in [1.165, 1.54) is 12.1 Å². The van der Waals surface area contributed by atoms with Gasteiger partial charge in [-0.2, -0.15) is 0 Å². The lowest BCUT2D eigenvalue weighted by Crippen LogP contribution is -2.31. The Balaban J connectivity index is 1.93. The van der Waals surface area contributed by atoms with Crippen molar-refractivity contribution in [2.45, 2.75) is 13.0 Å². The molecule has 2 N–H and O–H groups in total. The summed E-state index contributed by atoms with van der Waals surface area (Å²) in [6.45, 7) is 1.83. The molecule has 5 heteroatoms. The number of rotatable bonds is 3. The molecule has 0 unspecified atom stereocenters. The molecule has 0 aliphatic heterocycles. The minimum absolute atomic E-state index is 0.220. The van der Waals surface area contributed by atoms with Crippen molar-refractivity contribution in [3.8, 4) is 0 Å². The molecule has 3 nitrogen and oxygen atoms in total. The van der Waals surface area contributed by atoms with Crippen LogP contribution in [-0.2, 0) is 0 Å². The first-order valence-electron chi connectivity index (χ1n) is 6.13. The number of anilines is 1. The van der Waals surface area contributed by atoms with E-state index in [2.05, 4.69) is 10.6 Å². The van der Waals surface area contributed by atoms with Crippen LogP contribution < -0.4 is 10.6 Å². The predicted molar refractivity (Wildman–Crippen MR) is 78.4 cm³/mol. The van der Waals surface area contributed by atoms with Gasteiger partial charge in [0.1, 0.15) is 5.82 Å². The fourth-order valence-corrected chi connectivity index (χ4v) is 1.86. The number of hydrogen-bond donors (Lipinski definition) is 2. The van der Waals surface area contributed by atoms with Gasteiger partial charge in [-0.25, -0.2) is 9.18 Å². The largest absolute Gasteiger partial charge is 0.331 e. The van der Waals surface area contributed by atoms with Crippen molar-refractivity contribution in [1.82, 2.24) is 5.32 Å². The Labute approximate surface area is 121 Å². The Hall–Kier alpha value is -2.07. The van der Waals surface area contributed by atoms with Crippen molar-refractivity contribution in [2.24, 2.45) is 0 Å². The molecule has 0 aromatic heterocycles. The summed E-state index contributed by atoms with van der Waals surface area (Å²) in [7, 11) is 0. The molecule has 2 rings (SSSR count). The average Bonchev–Trinajstić information content (AvgIpc) is 2.42. The number of halogens is 2. The van der Waals surface area contributed by atoms with Crippen LogP contribution in [-0.4, -0.2) is 6.03 Å². The summed E-state index contributed by atoms with van der Waals surface area (Å²) in [6.07, 6.45) is 0. The highest BCUT2D eigenvalue weighted by Crippen LogP contribution is 2.15. The van der Waals surface area contributed by atoms with Crippen LogP contribution in [0.2, 0.25) is 5.02 Å². The Kier molecular flexibility index (Phi) is 4.58. The van der Waals surface area contributed by atoms with Crippen LogP contribution in [0.5, 0.6) is 0 Å². The maximum absolute atomic E-state index is 12.8. The van der Waals surface area contributed by atoms with Gasteiger partial charge in [0.2, 0.25) is 0 Å². The normalized spacial score (nSPS) is 11.8.